The summed E-state index contributed by atoms with van der Waals surface area (Å²) in [6, 6.07) is 0.132. The SMILES string of the molecule is CC(C)C1=CCN(C)[C@H](CF)CC1. The highest BCUT2D eigenvalue weighted by molar-refractivity contribution is 5.08. The lowest BCUT2D eigenvalue weighted by Crippen LogP contribution is -2.32. The highest BCUT2D eigenvalue weighted by Gasteiger charge is 2.18. The first kappa shape index (κ1) is 10.7. The summed E-state index contributed by atoms with van der Waals surface area (Å²) in [5.74, 6) is 0.617. The quantitative estimate of drug-likeness (QED) is 0.598. The van der Waals surface area contributed by atoms with E-state index in [9.17, 15) is 4.39 Å². The molecule has 0 fully saturated rings. The summed E-state index contributed by atoms with van der Waals surface area (Å²) in [6.45, 7) is 5.11. The van der Waals surface area contributed by atoms with Crippen LogP contribution in [0.1, 0.15) is 26.7 Å². The lowest BCUT2D eigenvalue weighted by molar-refractivity contribution is 0.213. The van der Waals surface area contributed by atoms with Gasteiger partial charge in [-0.15, -0.1) is 0 Å². The average molecular weight is 185 g/mol. The molecular formula is C11H20FN. The Hall–Kier alpha value is -0.370. The van der Waals surface area contributed by atoms with E-state index in [0.29, 0.717) is 5.92 Å². The van der Waals surface area contributed by atoms with Gasteiger partial charge in [-0.2, -0.15) is 0 Å². The Kier molecular flexibility index (Phi) is 3.91. The molecule has 0 bridgehead atoms. The van der Waals surface area contributed by atoms with Crippen molar-refractivity contribution in [2.75, 3.05) is 20.3 Å². The molecule has 2 heteroatoms. The number of halogens is 1. The van der Waals surface area contributed by atoms with Crippen molar-refractivity contribution >= 4 is 0 Å². The first-order valence-corrected chi connectivity index (χ1v) is 5.10. The molecule has 76 valence electrons. The van der Waals surface area contributed by atoms with E-state index in [-0.39, 0.29) is 12.7 Å². The molecule has 0 aromatic carbocycles. The van der Waals surface area contributed by atoms with Crippen LogP contribution in [0.4, 0.5) is 4.39 Å². The summed E-state index contributed by atoms with van der Waals surface area (Å²) >= 11 is 0. The van der Waals surface area contributed by atoms with Gasteiger partial charge in [0.25, 0.3) is 0 Å². The molecule has 1 aliphatic rings. The topological polar surface area (TPSA) is 3.24 Å². The zero-order valence-corrected chi connectivity index (χ0v) is 8.89. The van der Waals surface area contributed by atoms with Crippen molar-refractivity contribution < 1.29 is 4.39 Å². The fraction of sp³-hybridized carbons (Fsp3) is 0.818. The Morgan fingerprint density at radius 2 is 2.31 bits per heavy atom. The second-order valence-electron chi connectivity index (χ2n) is 4.22. The minimum absolute atomic E-state index is 0.132. The van der Waals surface area contributed by atoms with Crippen LogP contribution in [0.3, 0.4) is 0 Å². The Morgan fingerprint density at radius 1 is 1.62 bits per heavy atom. The normalized spacial score (nSPS) is 25.9. The van der Waals surface area contributed by atoms with Crippen LogP contribution >= 0.6 is 0 Å². The number of hydrogen-bond donors (Lipinski definition) is 0. The summed E-state index contributed by atoms with van der Waals surface area (Å²) < 4.78 is 12.6. The number of likely N-dealkylation sites (N-methyl/N-ethyl adjacent to an activating group) is 1. The molecule has 0 amide bonds. The summed E-state index contributed by atoms with van der Waals surface area (Å²) in [5.41, 5.74) is 1.49. The fourth-order valence-corrected chi connectivity index (χ4v) is 1.79. The van der Waals surface area contributed by atoms with Crippen molar-refractivity contribution in [1.82, 2.24) is 4.90 Å². The van der Waals surface area contributed by atoms with E-state index in [1.54, 1.807) is 0 Å². The molecule has 1 nitrogen and oxygen atoms in total. The third kappa shape index (κ3) is 2.80. The van der Waals surface area contributed by atoms with Gasteiger partial charge in [0.15, 0.2) is 0 Å². The largest absolute Gasteiger partial charge is 0.297 e. The smallest absolute Gasteiger partial charge is 0.105 e. The molecule has 1 rings (SSSR count). The molecular weight excluding hydrogens is 165 g/mol. The van der Waals surface area contributed by atoms with Gasteiger partial charge in [0, 0.05) is 12.6 Å². The molecule has 0 unspecified atom stereocenters. The van der Waals surface area contributed by atoms with E-state index in [1.807, 2.05) is 7.05 Å². The molecule has 0 saturated heterocycles. The van der Waals surface area contributed by atoms with Gasteiger partial charge < -0.3 is 0 Å². The van der Waals surface area contributed by atoms with Crippen LogP contribution in [0.25, 0.3) is 0 Å². The van der Waals surface area contributed by atoms with Gasteiger partial charge in [0.2, 0.25) is 0 Å². The van der Waals surface area contributed by atoms with Crippen molar-refractivity contribution in [3.05, 3.63) is 11.6 Å². The maximum absolute atomic E-state index is 12.6. The standard InChI is InChI=1S/C11H20FN/c1-9(2)10-4-5-11(8-12)13(3)7-6-10/h6,9,11H,4-5,7-8H2,1-3H3/t11-/m0/s1. The van der Waals surface area contributed by atoms with E-state index in [4.69, 9.17) is 0 Å². The van der Waals surface area contributed by atoms with Crippen LogP contribution in [-0.4, -0.2) is 31.2 Å². The van der Waals surface area contributed by atoms with Crippen molar-refractivity contribution in [1.29, 1.82) is 0 Å². The van der Waals surface area contributed by atoms with Crippen molar-refractivity contribution in [3.63, 3.8) is 0 Å². The molecule has 0 spiro atoms. The van der Waals surface area contributed by atoms with Gasteiger partial charge in [-0.1, -0.05) is 25.5 Å². The third-order valence-electron chi connectivity index (χ3n) is 2.95. The van der Waals surface area contributed by atoms with E-state index in [2.05, 4.69) is 24.8 Å². The molecule has 0 radical (unpaired) electrons. The van der Waals surface area contributed by atoms with E-state index in [0.717, 1.165) is 19.4 Å². The highest BCUT2D eigenvalue weighted by Crippen LogP contribution is 2.22. The van der Waals surface area contributed by atoms with Crippen LogP contribution < -0.4 is 0 Å². The summed E-state index contributed by atoms with van der Waals surface area (Å²) in [5, 5.41) is 0. The summed E-state index contributed by atoms with van der Waals surface area (Å²) in [7, 11) is 2.00. The van der Waals surface area contributed by atoms with Crippen LogP contribution in [0.15, 0.2) is 11.6 Å². The molecule has 1 aliphatic heterocycles. The van der Waals surface area contributed by atoms with Crippen LogP contribution in [0.2, 0.25) is 0 Å². The molecule has 0 aliphatic carbocycles. The third-order valence-corrected chi connectivity index (χ3v) is 2.95. The van der Waals surface area contributed by atoms with E-state index >= 15 is 0 Å². The minimum Gasteiger partial charge on any atom is -0.297 e. The second kappa shape index (κ2) is 4.75. The Morgan fingerprint density at radius 3 is 2.85 bits per heavy atom. The van der Waals surface area contributed by atoms with Crippen LogP contribution in [0, 0.1) is 5.92 Å². The number of nitrogens with zero attached hydrogens (tertiary/aromatic N) is 1. The lowest BCUT2D eigenvalue weighted by atomic mass is 9.97. The average Bonchev–Trinajstić information content (AvgIpc) is 2.27. The van der Waals surface area contributed by atoms with Gasteiger partial charge in [-0.25, -0.2) is 4.39 Å². The Bertz CT molecular complexity index is 187. The molecule has 13 heavy (non-hydrogen) atoms. The van der Waals surface area contributed by atoms with Crippen molar-refractivity contribution in [3.8, 4) is 0 Å². The second-order valence-corrected chi connectivity index (χ2v) is 4.22. The summed E-state index contributed by atoms with van der Waals surface area (Å²) in [4.78, 5) is 2.11. The van der Waals surface area contributed by atoms with Crippen LogP contribution in [-0.2, 0) is 0 Å². The zero-order valence-electron chi connectivity index (χ0n) is 8.89. The number of rotatable bonds is 2. The monoisotopic (exact) mass is 185 g/mol. The maximum Gasteiger partial charge on any atom is 0.105 e. The molecule has 0 aromatic heterocycles. The molecule has 0 saturated carbocycles. The lowest BCUT2D eigenvalue weighted by Gasteiger charge is -2.21. The molecule has 1 atom stereocenters. The molecule has 0 N–H and O–H groups in total. The van der Waals surface area contributed by atoms with Gasteiger partial charge in [-0.3, -0.25) is 4.90 Å². The molecule has 1 heterocycles. The predicted octanol–water partition coefficient (Wildman–Crippen LogP) is 2.63. The number of alkyl halides is 1. The number of allylic oxidation sites excluding steroid dienone is 1. The predicted molar refractivity (Wildman–Crippen MR) is 54.5 cm³/mol. The Labute approximate surface area is 80.6 Å². The molecule has 0 aromatic rings. The van der Waals surface area contributed by atoms with Gasteiger partial charge in [-0.05, 0) is 25.8 Å². The van der Waals surface area contributed by atoms with Gasteiger partial charge in [0.05, 0.1) is 0 Å². The van der Waals surface area contributed by atoms with Gasteiger partial charge in [0.1, 0.15) is 6.67 Å². The van der Waals surface area contributed by atoms with Crippen LogP contribution in [0.5, 0.6) is 0 Å². The Balaban J connectivity index is 2.58. The van der Waals surface area contributed by atoms with E-state index in [1.165, 1.54) is 5.57 Å². The highest BCUT2D eigenvalue weighted by atomic mass is 19.1. The minimum atomic E-state index is -0.213. The van der Waals surface area contributed by atoms with Crippen molar-refractivity contribution in [2.24, 2.45) is 5.92 Å². The fourth-order valence-electron chi connectivity index (χ4n) is 1.79. The van der Waals surface area contributed by atoms with E-state index < -0.39 is 0 Å². The summed E-state index contributed by atoms with van der Waals surface area (Å²) in [6.07, 6.45) is 4.30. The first-order chi connectivity index (χ1) is 6.15. The zero-order chi connectivity index (χ0) is 9.84. The number of hydrogen-bond acceptors (Lipinski definition) is 1. The first-order valence-electron chi connectivity index (χ1n) is 5.10. The maximum atomic E-state index is 12.6. The van der Waals surface area contributed by atoms with Gasteiger partial charge >= 0.3 is 0 Å². The van der Waals surface area contributed by atoms with Crippen molar-refractivity contribution in [2.45, 2.75) is 32.7 Å².